The average molecular weight is 446 g/mol. The molecule has 32 heavy (non-hydrogen) atoms. The highest BCUT2D eigenvalue weighted by atomic mass is 32.2. The normalized spacial score (nSPS) is 16.9. The number of hydrogen-bond donors (Lipinski definition) is 2. The van der Waals surface area contributed by atoms with Gasteiger partial charge in [0.05, 0.1) is 16.9 Å². The van der Waals surface area contributed by atoms with E-state index in [1.54, 1.807) is 0 Å². The first-order valence-electron chi connectivity index (χ1n) is 9.84. The van der Waals surface area contributed by atoms with Gasteiger partial charge in [0.1, 0.15) is 5.25 Å². The lowest BCUT2D eigenvalue weighted by Crippen LogP contribution is -2.33. The molecule has 0 saturated carbocycles. The van der Waals surface area contributed by atoms with E-state index in [0.717, 1.165) is 0 Å². The van der Waals surface area contributed by atoms with Crippen LogP contribution < -0.4 is 10.2 Å². The van der Waals surface area contributed by atoms with Gasteiger partial charge in [0.25, 0.3) is 0 Å². The number of carbonyl (C=O) groups excluding carboxylic acids is 2. The van der Waals surface area contributed by atoms with Crippen LogP contribution >= 0.6 is 11.8 Å². The first kappa shape index (κ1) is 21.3. The number of nitrogens with one attached hydrogen (secondary N) is 1. The van der Waals surface area contributed by atoms with E-state index in [2.05, 4.69) is 10.3 Å². The molecule has 4 rings (SSSR count). The fourth-order valence-electron chi connectivity index (χ4n) is 3.18. The molecule has 3 aromatic carbocycles. The minimum atomic E-state index is -1.04. The van der Waals surface area contributed by atoms with Crippen LogP contribution in [0, 0.1) is 0 Å². The van der Waals surface area contributed by atoms with Crippen molar-refractivity contribution in [3.8, 4) is 0 Å². The fourth-order valence-corrected chi connectivity index (χ4v) is 4.33. The Morgan fingerprint density at radius 1 is 0.938 bits per heavy atom. The van der Waals surface area contributed by atoms with E-state index in [0.29, 0.717) is 22.2 Å². The maximum Gasteiger partial charge on any atom is 0.335 e. The lowest BCUT2D eigenvalue weighted by molar-refractivity contribution is -0.121. The Labute approximate surface area is 188 Å². The predicted molar refractivity (Wildman–Crippen MR) is 125 cm³/mol. The highest BCUT2D eigenvalue weighted by molar-refractivity contribution is 8.16. The predicted octanol–water partition coefficient (Wildman–Crippen LogP) is 4.55. The van der Waals surface area contributed by atoms with Crippen molar-refractivity contribution in [3.05, 3.63) is 90.5 Å². The summed E-state index contributed by atoms with van der Waals surface area (Å²) >= 11 is 1.25. The smallest absolute Gasteiger partial charge is 0.335 e. The second-order valence-electron chi connectivity index (χ2n) is 6.98. The summed E-state index contributed by atoms with van der Waals surface area (Å²) in [6.07, 6.45) is -0.0404. The van der Waals surface area contributed by atoms with Crippen molar-refractivity contribution < 1.29 is 19.5 Å². The molecule has 0 radical (unpaired) electrons. The Morgan fingerprint density at radius 3 is 2.19 bits per heavy atom. The quantitative estimate of drug-likeness (QED) is 0.580. The number of nitrogens with zero attached hydrogens (tertiary/aromatic N) is 2. The van der Waals surface area contributed by atoms with Gasteiger partial charge in [-0.1, -0.05) is 48.2 Å². The van der Waals surface area contributed by atoms with Crippen molar-refractivity contribution in [2.24, 2.45) is 4.99 Å². The summed E-state index contributed by atoms with van der Waals surface area (Å²) < 4.78 is 0. The highest BCUT2D eigenvalue weighted by Gasteiger charge is 2.40. The third-order valence-electron chi connectivity index (χ3n) is 4.72. The zero-order valence-electron chi connectivity index (χ0n) is 16.8. The van der Waals surface area contributed by atoms with Gasteiger partial charge in [0.15, 0.2) is 5.17 Å². The van der Waals surface area contributed by atoms with Gasteiger partial charge in [-0.3, -0.25) is 14.5 Å². The second kappa shape index (κ2) is 9.49. The molecule has 3 aromatic rings. The minimum Gasteiger partial charge on any atom is -0.478 e. The summed E-state index contributed by atoms with van der Waals surface area (Å²) in [7, 11) is 0. The van der Waals surface area contributed by atoms with E-state index in [1.165, 1.54) is 40.9 Å². The van der Waals surface area contributed by atoms with Gasteiger partial charge in [-0.15, -0.1) is 0 Å². The molecule has 8 heteroatoms. The zero-order valence-corrected chi connectivity index (χ0v) is 17.7. The lowest BCUT2D eigenvalue weighted by atomic mass is 10.2. The first-order chi connectivity index (χ1) is 15.5. The number of anilines is 2. The summed E-state index contributed by atoms with van der Waals surface area (Å²) in [6.45, 7) is 0. The van der Waals surface area contributed by atoms with Gasteiger partial charge < -0.3 is 10.4 Å². The van der Waals surface area contributed by atoms with E-state index < -0.39 is 11.2 Å². The van der Waals surface area contributed by atoms with E-state index in [1.807, 2.05) is 60.7 Å². The lowest BCUT2D eigenvalue weighted by Gasteiger charge is -2.16. The van der Waals surface area contributed by atoms with Gasteiger partial charge in [0.2, 0.25) is 11.8 Å². The molecule has 1 saturated heterocycles. The SMILES string of the molecule is O=C(C[C@H]1SC(=Nc2ccccc2)N(c2ccccc2)C1=O)Nc1ccc(C(=O)O)cc1. The van der Waals surface area contributed by atoms with Crippen molar-refractivity contribution in [2.75, 3.05) is 10.2 Å². The van der Waals surface area contributed by atoms with Crippen LogP contribution in [-0.2, 0) is 9.59 Å². The number of carbonyl (C=O) groups is 3. The van der Waals surface area contributed by atoms with Crippen LogP contribution in [0.1, 0.15) is 16.8 Å². The van der Waals surface area contributed by atoms with Crippen LogP contribution in [0.4, 0.5) is 17.1 Å². The fraction of sp³-hybridized carbons (Fsp3) is 0.0833. The molecule has 1 fully saturated rings. The van der Waals surface area contributed by atoms with E-state index in [4.69, 9.17) is 5.11 Å². The molecule has 1 heterocycles. The third kappa shape index (κ3) is 4.87. The molecule has 0 aliphatic carbocycles. The second-order valence-corrected chi connectivity index (χ2v) is 8.15. The maximum absolute atomic E-state index is 13.2. The molecule has 1 aliphatic heterocycles. The Bertz CT molecular complexity index is 1160. The van der Waals surface area contributed by atoms with E-state index in [9.17, 15) is 14.4 Å². The van der Waals surface area contributed by atoms with Gasteiger partial charge in [-0.05, 0) is 48.5 Å². The summed E-state index contributed by atoms with van der Waals surface area (Å²) in [5.41, 5.74) is 2.00. The molecule has 160 valence electrons. The molecule has 1 aliphatic rings. The van der Waals surface area contributed by atoms with E-state index >= 15 is 0 Å². The Kier molecular flexibility index (Phi) is 6.32. The largest absolute Gasteiger partial charge is 0.478 e. The highest BCUT2D eigenvalue weighted by Crippen LogP contribution is 2.35. The molecule has 0 spiro atoms. The first-order valence-corrected chi connectivity index (χ1v) is 10.7. The number of hydrogen-bond acceptors (Lipinski definition) is 5. The number of aliphatic imine (C=N–C) groups is 1. The van der Waals surface area contributed by atoms with Crippen LogP contribution in [-0.4, -0.2) is 33.3 Å². The monoisotopic (exact) mass is 445 g/mol. The van der Waals surface area contributed by atoms with Gasteiger partial charge in [-0.25, -0.2) is 9.79 Å². The van der Waals surface area contributed by atoms with Crippen LogP contribution in [0.3, 0.4) is 0 Å². The van der Waals surface area contributed by atoms with Crippen molar-refractivity contribution >= 4 is 51.8 Å². The van der Waals surface area contributed by atoms with Crippen molar-refractivity contribution in [1.82, 2.24) is 0 Å². The van der Waals surface area contributed by atoms with Crippen LogP contribution in [0.15, 0.2) is 89.9 Å². The number of amides is 2. The Balaban J connectivity index is 1.52. The topological polar surface area (TPSA) is 99.1 Å². The number of carboxylic acid groups (broad SMARTS) is 1. The molecule has 0 bridgehead atoms. The molecule has 0 unspecified atom stereocenters. The van der Waals surface area contributed by atoms with Crippen LogP contribution in [0.25, 0.3) is 0 Å². The third-order valence-corrected chi connectivity index (χ3v) is 5.85. The van der Waals surface area contributed by atoms with E-state index in [-0.39, 0.29) is 23.8 Å². The summed E-state index contributed by atoms with van der Waals surface area (Å²) in [5.74, 6) is -1.60. The number of para-hydroxylation sites is 2. The molecule has 2 N–H and O–H groups in total. The zero-order chi connectivity index (χ0) is 22.5. The van der Waals surface area contributed by atoms with Gasteiger partial charge >= 0.3 is 5.97 Å². The molecule has 2 amide bonds. The van der Waals surface area contributed by atoms with Crippen LogP contribution in [0.2, 0.25) is 0 Å². The number of benzene rings is 3. The van der Waals surface area contributed by atoms with Crippen molar-refractivity contribution in [2.45, 2.75) is 11.7 Å². The summed E-state index contributed by atoms with van der Waals surface area (Å²) in [6, 6.07) is 24.4. The molecule has 0 aromatic heterocycles. The van der Waals surface area contributed by atoms with Gasteiger partial charge in [0, 0.05) is 12.1 Å². The van der Waals surface area contributed by atoms with Gasteiger partial charge in [-0.2, -0.15) is 0 Å². The number of thioether (sulfide) groups is 1. The summed E-state index contributed by atoms with van der Waals surface area (Å²) in [5, 5.41) is 11.6. The Morgan fingerprint density at radius 2 is 1.56 bits per heavy atom. The minimum absolute atomic E-state index is 0.0404. The number of rotatable bonds is 6. The number of amidine groups is 1. The maximum atomic E-state index is 13.2. The number of aromatic carboxylic acids is 1. The van der Waals surface area contributed by atoms with Crippen LogP contribution in [0.5, 0.6) is 0 Å². The Hall–Kier alpha value is -3.91. The molecule has 7 nitrogen and oxygen atoms in total. The molecular weight excluding hydrogens is 426 g/mol. The molecular formula is C24H19N3O4S. The van der Waals surface area contributed by atoms with Crippen molar-refractivity contribution in [1.29, 1.82) is 0 Å². The summed E-state index contributed by atoms with van der Waals surface area (Å²) in [4.78, 5) is 42.9. The average Bonchev–Trinajstić information content (AvgIpc) is 3.09. The number of carboxylic acids is 1. The molecule has 1 atom stereocenters. The standard InChI is InChI=1S/C24H19N3O4S/c28-21(25-18-13-11-16(12-14-18)23(30)31)15-20-22(29)27(19-9-5-2-6-10-19)24(32-20)26-17-7-3-1-4-8-17/h1-14,20H,15H2,(H,25,28)(H,30,31)/t20-/m1/s1. The van der Waals surface area contributed by atoms with Crippen molar-refractivity contribution in [3.63, 3.8) is 0 Å².